The Hall–Kier alpha value is -2.70. The molecule has 0 bridgehead atoms. The minimum absolute atomic E-state index is 0.0647. The summed E-state index contributed by atoms with van der Waals surface area (Å²) in [6.07, 6.45) is 0. The fourth-order valence-electron chi connectivity index (χ4n) is 3.82. The van der Waals surface area contributed by atoms with Crippen molar-refractivity contribution in [1.29, 1.82) is 0 Å². The number of amides is 2. The maximum atomic E-state index is 13.4. The number of carbonyl (C=O) groups excluding carboxylic acids is 3. The van der Waals surface area contributed by atoms with E-state index in [1.807, 2.05) is 0 Å². The third-order valence-corrected chi connectivity index (χ3v) is 6.19. The Morgan fingerprint density at radius 3 is 2.07 bits per heavy atom. The number of hydrogen-bond donors (Lipinski definition) is 0. The molecule has 2 aromatic carbocycles. The molecule has 1 fully saturated rings. The molecule has 0 saturated carbocycles. The number of fused-ring (bicyclic) bond motifs is 1. The molecule has 2 atom stereocenters. The molecule has 2 aliphatic rings. The second-order valence-electron chi connectivity index (χ2n) is 7.09. The summed E-state index contributed by atoms with van der Waals surface area (Å²) in [5, 5.41) is 6.76. The monoisotopic (exact) mass is 429 g/mol. The zero-order chi connectivity index (χ0) is 21.0. The van der Waals surface area contributed by atoms with Crippen LogP contribution in [0.5, 0.6) is 0 Å². The van der Waals surface area contributed by atoms with Gasteiger partial charge in [0.1, 0.15) is 17.7 Å². The zero-order valence-electron chi connectivity index (χ0n) is 15.9. The van der Waals surface area contributed by atoms with Crippen LogP contribution in [0.2, 0.25) is 10.0 Å². The van der Waals surface area contributed by atoms with Crippen LogP contribution in [-0.2, 0) is 14.4 Å². The van der Waals surface area contributed by atoms with Crippen LogP contribution in [0.1, 0.15) is 18.1 Å². The van der Waals surface area contributed by atoms with Gasteiger partial charge in [0.2, 0.25) is 5.91 Å². The number of ketones is 1. The van der Waals surface area contributed by atoms with Crippen molar-refractivity contribution >= 4 is 57.9 Å². The third kappa shape index (κ3) is 2.86. The SMILES string of the molecule is CC(=O)C1=NN(c2cccc(Cl)c2C)[C@@H]2C(=O)N(c3cccc(Cl)c3C)C(=O)[C@@H]12. The molecule has 1 saturated heterocycles. The van der Waals surface area contributed by atoms with Crippen molar-refractivity contribution in [2.24, 2.45) is 11.0 Å². The molecule has 0 unspecified atom stereocenters. The normalized spacial score (nSPS) is 20.9. The quantitative estimate of drug-likeness (QED) is 0.692. The molecule has 2 heterocycles. The van der Waals surface area contributed by atoms with Gasteiger partial charge in [-0.05, 0) is 49.2 Å². The van der Waals surface area contributed by atoms with E-state index in [2.05, 4.69) is 5.10 Å². The predicted octanol–water partition coefficient (Wildman–Crippen LogP) is 3.93. The summed E-state index contributed by atoms with van der Waals surface area (Å²) in [4.78, 5) is 40.1. The largest absolute Gasteiger partial charge is 0.293 e. The Morgan fingerprint density at radius 1 is 0.931 bits per heavy atom. The number of hydrogen-bond acceptors (Lipinski definition) is 5. The predicted molar refractivity (Wildman–Crippen MR) is 113 cm³/mol. The molecule has 148 valence electrons. The number of nitrogens with zero attached hydrogens (tertiary/aromatic N) is 3. The maximum Gasteiger partial charge on any atom is 0.259 e. The van der Waals surface area contributed by atoms with E-state index >= 15 is 0 Å². The Morgan fingerprint density at radius 2 is 1.48 bits per heavy atom. The van der Waals surface area contributed by atoms with Crippen molar-refractivity contribution in [1.82, 2.24) is 0 Å². The summed E-state index contributed by atoms with van der Waals surface area (Å²) in [5.41, 5.74) is 2.37. The maximum absolute atomic E-state index is 13.4. The van der Waals surface area contributed by atoms with E-state index in [-0.39, 0.29) is 11.5 Å². The van der Waals surface area contributed by atoms with Crippen molar-refractivity contribution < 1.29 is 14.4 Å². The van der Waals surface area contributed by atoms with Gasteiger partial charge in [0.25, 0.3) is 5.91 Å². The first kappa shape index (κ1) is 19.6. The Labute approximate surface area is 177 Å². The average molecular weight is 430 g/mol. The van der Waals surface area contributed by atoms with Crippen LogP contribution in [0.15, 0.2) is 41.5 Å². The number of Topliss-reactive ketones (excluding diaryl/α,β-unsaturated/α-hetero) is 1. The van der Waals surface area contributed by atoms with Gasteiger partial charge in [0, 0.05) is 17.0 Å². The minimum atomic E-state index is -0.975. The van der Waals surface area contributed by atoms with Crippen molar-refractivity contribution in [3.63, 3.8) is 0 Å². The Bertz CT molecular complexity index is 1110. The summed E-state index contributed by atoms with van der Waals surface area (Å²) < 4.78 is 0. The highest BCUT2D eigenvalue weighted by molar-refractivity contribution is 6.49. The van der Waals surface area contributed by atoms with Crippen LogP contribution in [0.25, 0.3) is 0 Å². The smallest absolute Gasteiger partial charge is 0.259 e. The molecule has 4 rings (SSSR count). The lowest BCUT2D eigenvalue weighted by Gasteiger charge is -2.24. The Kier molecular flexibility index (Phi) is 4.71. The number of hydrazone groups is 1. The second-order valence-corrected chi connectivity index (χ2v) is 7.90. The number of halogens is 2. The van der Waals surface area contributed by atoms with Gasteiger partial charge in [-0.1, -0.05) is 35.3 Å². The topological polar surface area (TPSA) is 70.1 Å². The fraction of sp³-hybridized carbons (Fsp3) is 0.238. The van der Waals surface area contributed by atoms with E-state index < -0.39 is 23.8 Å². The van der Waals surface area contributed by atoms with E-state index in [1.54, 1.807) is 50.2 Å². The van der Waals surface area contributed by atoms with E-state index in [9.17, 15) is 14.4 Å². The van der Waals surface area contributed by atoms with Crippen LogP contribution < -0.4 is 9.91 Å². The first-order valence-corrected chi connectivity index (χ1v) is 9.76. The van der Waals surface area contributed by atoms with Gasteiger partial charge < -0.3 is 0 Å². The number of benzene rings is 2. The Balaban J connectivity index is 1.87. The summed E-state index contributed by atoms with van der Waals surface area (Å²) in [5.74, 6) is -2.27. The first-order chi connectivity index (χ1) is 13.7. The summed E-state index contributed by atoms with van der Waals surface area (Å²) in [6, 6.07) is 9.31. The molecule has 6 nitrogen and oxygen atoms in total. The van der Waals surface area contributed by atoms with Crippen molar-refractivity contribution in [3.8, 4) is 0 Å². The van der Waals surface area contributed by atoms with Gasteiger partial charge in [0.15, 0.2) is 5.78 Å². The average Bonchev–Trinajstić information content (AvgIpc) is 3.18. The van der Waals surface area contributed by atoms with Gasteiger partial charge in [0.05, 0.1) is 11.4 Å². The molecule has 0 aromatic heterocycles. The van der Waals surface area contributed by atoms with E-state index in [0.717, 1.165) is 4.90 Å². The molecular formula is C21H17Cl2N3O3. The van der Waals surface area contributed by atoms with Gasteiger partial charge >= 0.3 is 0 Å². The van der Waals surface area contributed by atoms with Gasteiger partial charge in [-0.25, -0.2) is 4.90 Å². The summed E-state index contributed by atoms with van der Waals surface area (Å²) in [6.45, 7) is 4.88. The van der Waals surface area contributed by atoms with E-state index in [1.165, 1.54) is 11.9 Å². The van der Waals surface area contributed by atoms with Crippen molar-refractivity contribution in [3.05, 3.63) is 57.6 Å². The molecule has 2 amide bonds. The molecular weight excluding hydrogens is 413 g/mol. The highest BCUT2D eigenvalue weighted by Crippen LogP contribution is 2.41. The van der Waals surface area contributed by atoms with Crippen LogP contribution in [-0.4, -0.2) is 29.4 Å². The van der Waals surface area contributed by atoms with Gasteiger partial charge in [-0.2, -0.15) is 5.10 Å². The van der Waals surface area contributed by atoms with E-state index in [4.69, 9.17) is 23.2 Å². The highest BCUT2D eigenvalue weighted by Gasteiger charge is 2.58. The van der Waals surface area contributed by atoms with Crippen molar-refractivity contribution in [2.45, 2.75) is 26.8 Å². The van der Waals surface area contributed by atoms with Gasteiger partial charge in [-0.15, -0.1) is 0 Å². The second kappa shape index (κ2) is 6.97. The lowest BCUT2D eigenvalue weighted by molar-refractivity contribution is -0.122. The fourth-order valence-corrected chi connectivity index (χ4v) is 4.16. The van der Waals surface area contributed by atoms with E-state index in [0.29, 0.717) is 32.5 Å². The van der Waals surface area contributed by atoms with Crippen molar-refractivity contribution in [2.75, 3.05) is 9.91 Å². The first-order valence-electron chi connectivity index (χ1n) is 9.00. The molecule has 0 radical (unpaired) electrons. The third-order valence-electron chi connectivity index (χ3n) is 5.38. The standard InChI is InChI=1S/C21H17Cl2N3O3/c1-10-13(22)6-4-8-15(10)25-20(28)17-18(12(3)27)24-26(19(17)21(25)29)16-9-5-7-14(23)11(16)2/h4-9,17,19H,1-3H3/t17-,19-/m0/s1. The van der Waals surface area contributed by atoms with Crippen LogP contribution in [0.3, 0.4) is 0 Å². The zero-order valence-corrected chi connectivity index (χ0v) is 17.5. The van der Waals surface area contributed by atoms with Gasteiger partial charge in [-0.3, -0.25) is 19.4 Å². The lowest BCUT2D eigenvalue weighted by atomic mass is 9.95. The summed E-state index contributed by atoms with van der Waals surface area (Å²) in [7, 11) is 0. The highest BCUT2D eigenvalue weighted by atomic mass is 35.5. The molecule has 0 spiro atoms. The molecule has 29 heavy (non-hydrogen) atoms. The molecule has 0 N–H and O–H groups in total. The number of carbonyl (C=O) groups is 3. The molecule has 0 aliphatic carbocycles. The molecule has 2 aromatic rings. The van der Waals surface area contributed by atoms with Crippen LogP contribution in [0, 0.1) is 19.8 Å². The molecule has 8 heteroatoms. The summed E-state index contributed by atoms with van der Waals surface area (Å²) >= 11 is 12.4. The number of imide groups is 1. The minimum Gasteiger partial charge on any atom is -0.293 e. The lowest BCUT2D eigenvalue weighted by Crippen LogP contribution is -2.39. The van der Waals surface area contributed by atoms with Crippen LogP contribution in [0.4, 0.5) is 11.4 Å². The number of rotatable bonds is 3. The van der Waals surface area contributed by atoms with Crippen LogP contribution >= 0.6 is 23.2 Å². The number of anilines is 2. The molecule has 2 aliphatic heterocycles.